The van der Waals surface area contributed by atoms with Gasteiger partial charge in [-0.25, -0.2) is 19.4 Å². The summed E-state index contributed by atoms with van der Waals surface area (Å²) in [6.45, 7) is 7.60. The normalized spacial score (nSPS) is 14.8. The average molecular weight is 400 g/mol. The number of ether oxygens (including phenoxy) is 1. The molecule has 0 saturated carbocycles. The largest absolute Gasteiger partial charge is 0.478 e. The number of aliphatic carboxylic acids is 1. The summed E-state index contributed by atoms with van der Waals surface area (Å²) in [7, 11) is 0. The molecule has 8 nitrogen and oxygen atoms in total. The molecule has 0 bridgehead atoms. The average Bonchev–Trinajstić information content (AvgIpc) is 2.63. The van der Waals surface area contributed by atoms with Crippen molar-refractivity contribution in [2.45, 2.75) is 52.3 Å². The molecule has 1 aromatic carbocycles. The zero-order valence-corrected chi connectivity index (χ0v) is 17.1. The van der Waals surface area contributed by atoms with Gasteiger partial charge in [-0.3, -0.25) is 4.90 Å². The summed E-state index contributed by atoms with van der Waals surface area (Å²) in [6, 6.07) is 7.53. The molecule has 8 heteroatoms. The van der Waals surface area contributed by atoms with Crippen LogP contribution in [-0.2, 0) is 22.5 Å². The number of rotatable bonds is 3. The van der Waals surface area contributed by atoms with Crippen molar-refractivity contribution < 1.29 is 24.4 Å². The number of carboxylic acid groups (broad SMARTS) is 1. The van der Waals surface area contributed by atoms with E-state index in [1.165, 1.54) is 4.57 Å². The second-order valence-corrected chi connectivity index (χ2v) is 8.15. The van der Waals surface area contributed by atoms with E-state index >= 15 is 0 Å². The fourth-order valence-electron chi connectivity index (χ4n) is 3.52. The van der Waals surface area contributed by atoms with Gasteiger partial charge in [0.05, 0.1) is 12.1 Å². The predicted octanol–water partition coefficient (Wildman–Crippen LogP) is 1.94. The summed E-state index contributed by atoms with van der Waals surface area (Å²) in [5.74, 6) is -0.697. The molecule has 0 spiro atoms. The molecule has 2 aromatic rings. The van der Waals surface area contributed by atoms with Gasteiger partial charge in [0.2, 0.25) is 6.04 Å². The van der Waals surface area contributed by atoms with Crippen LogP contribution in [0.4, 0.5) is 4.79 Å². The summed E-state index contributed by atoms with van der Waals surface area (Å²) in [4.78, 5) is 42.3. The van der Waals surface area contributed by atoms with Crippen molar-refractivity contribution in [2.24, 2.45) is 0 Å². The number of nitrogens with zero attached hydrogens (tertiary/aromatic N) is 2. The lowest BCUT2D eigenvalue weighted by Crippen LogP contribution is -2.48. The van der Waals surface area contributed by atoms with E-state index in [2.05, 4.69) is 4.98 Å². The second-order valence-electron chi connectivity index (χ2n) is 8.15. The molecule has 0 fully saturated rings. The van der Waals surface area contributed by atoms with Crippen LogP contribution in [0.25, 0.3) is 0 Å². The molecule has 0 radical (unpaired) electrons. The van der Waals surface area contributed by atoms with E-state index in [1.54, 1.807) is 62.9 Å². The molecule has 1 amide bonds. The second kappa shape index (κ2) is 7.69. The van der Waals surface area contributed by atoms with Crippen LogP contribution in [0.1, 0.15) is 49.5 Å². The van der Waals surface area contributed by atoms with Crippen LogP contribution in [0.2, 0.25) is 0 Å². The Labute approximate surface area is 168 Å². The third-order valence-electron chi connectivity index (χ3n) is 4.77. The topological polar surface area (TPSA) is 103 Å². The Morgan fingerprint density at radius 2 is 1.86 bits per heavy atom. The number of aromatic amines is 1. The van der Waals surface area contributed by atoms with E-state index in [9.17, 15) is 19.5 Å². The van der Waals surface area contributed by atoms with Gasteiger partial charge in [0.15, 0.2) is 0 Å². The molecule has 2 heterocycles. The fraction of sp³-hybridized carbons (Fsp3) is 0.429. The molecule has 1 aliphatic heterocycles. The number of carboxylic acids is 1. The van der Waals surface area contributed by atoms with Crippen molar-refractivity contribution in [1.82, 2.24) is 9.47 Å². The zero-order chi connectivity index (χ0) is 21.3. The molecule has 1 unspecified atom stereocenters. The number of hydrogen-bond acceptors (Lipinski definition) is 4. The zero-order valence-electron chi connectivity index (χ0n) is 17.1. The highest BCUT2D eigenvalue weighted by Gasteiger charge is 2.36. The Hall–Kier alpha value is -3.16. The smallest absolute Gasteiger partial charge is 0.410 e. The Bertz CT molecular complexity index is 992. The number of carbonyl (C=O) groups excluding carboxylic acids is 1. The molecule has 3 rings (SSSR count). The van der Waals surface area contributed by atoms with Crippen molar-refractivity contribution >= 4 is 12.1 Å². The van der Waals surface area contributed by atoms with Gasteiger partial charge < -0.3 is 9.84 Å². The van der Waals surface area contributed by atoms with Gasteiger partial charge in [-0.2, -0.15) is 4.57 Å². The van der Waals surface area contributed by atoms with Crippen LogP contribution in [0.5, 0.6) is 0 Å². The molecule has 2 N–H and O–H groups in total. The van der Waals surface area contributed by atoms with Gasteiger partial charge >= 0.3 is 17.6 Å². The first kappa shape index (κ1) is 20.6. The van der Waals surface area contributed by atoms with E-state index < -0.39 is 23.7 Å². The van der Waals surface area contributed by atoms with Gasteiger partial charge in [-0.1, -0.05) is 30.3 Å². The first-order chi connectivity index (χ1) is 13.6. The van der Waals surface area contributed by atoms with E-state index in [1.807, 2.05) is 0 Å². The summed E-state index contributed by atoms with van der Waals surface area (Å²) < 4.78 is 6.69. The lowest BCUT2D eigenvalue weighted by molar-refractivity contribution is -0.412. The third-order valence-corrected chi connectivity index (χ3v) is 4.77. The number of H-pyrrole nitrogens is 1. The first-order valence-electron chi connectivity index (χ1n) is 9.50. The van der Waals surface area contributed by atoms with Crippen LogP contribution in [0, 0.1) is 6.92 Å². The highest BCUT2D eigenvalue weighted by atomic mass is 16.6. The molecule has 1 aromatic heterocycles. The first-order valence-corrected chi connectivity index (χ1v) is 9.50. The molecule has 0 aliphatic carbocycles. The number of nitrogens with one attached hydrogen (secondary N) is 1. The minimum atomic E-state index is -1.13. The SMILES string of the molecule is Cc1[nH+]c2c(c(=O)n1C(C(=O)O)c1ccccc1)CCN(C(=O)OC(C)(C)C)C2. The van der Waals surface area contributed by atoms with Crippen molar-refractivity contribution in [1.29, 1.82) is 0 Å². The van der Waals surface area contributed by atoms with E-state index in [4.69, 9.17) is 4.74 Å². The quantitative estimate of drug-likeness (QED) is 0.848. The Kier molecular flexibility index (Phi) is 5.46. The third kappa shape index (κ3) is 4.31. The maximum Gasteiger partial charge on any atom is 0.410 e. The summed E-state index contributed by atoms with van der Waals surface area (Å²) in [6.07, 6.45) is -0.114. The van der Waals surface area contributed by atoms with Crippen LogP contribution < -0.4 is 10.5 Å². The Balaban J connectivity index is 1.99. The number of aryl methyl sites for hydroxylation is 1. The van der Waals surface area contributed by atoms with Crippen LogP contribution >= 0.6 is 0 Å². The molecular formula is C21H26N3O5+. The van der Waals surface area contributed by atoms with Gasteiger partial charge in [0, 0.05) is 25.5 Å². The van der Waals surface area contributed by atoms with Crippen LogP contribution in [0.15, 0.2) is 35.1 Å². The lowest BCUT2D eigenvalue weighted by Gasteiger charge is -2.29. The van der Waals surface area contributed by atoms with Crippen LogP contribution in [-0.4, -0.2) is 38.8 Å². The number of carbonyl (C=O) groups is 2. The molecule has 1 atom stereocenters. The molecule has 154 valence electrons. The Morgan fingerprint density at radius 1 is 1.21 bits per heavy atom. The van der Waals surface area contributed by atoms with E-state index in [0.29, 0.717) is 35.6 Å². The molecule has 0 saturated heterocycles. The summed E-state index contributed by atoms with van der Waals surface area (Å²) >= 11 is 0. The maximum atomic E-state index is 13.2. The highest BCUT2D eigenvalue weighted by Crippen LogP contribution is 2.21. The number of fused-ring (bicyclic) bond motifs is 1. The van der Waals surface area contributed by atoms with Gasteiger partial charge in [0.25, 0.3) is 5.82 Å². The van der Waals surface area contributed by atoms with Gasteiger partial charge in [-0.05, 0) is 20.8 Å². The van der Waals surface area contributed by atoms with Gasteiger partial charge in [-0.15, -0.1) is 0 Å². The Morgan fingerprint density at radius 3 is 2.45 bits per heavy atom. The molecule has 1 aliphatic rings. The molecular weight excluding hydrogens is 374 g/mol. The highest BCUT2D eigenvalue weighted by molar-refractivity contribution is 5.76. The van der Waals surface area contributed by atoms with Crippen LogP contribution in [0.3, 0.4) is 0 Å². The van der Waals surface area contributed by atoms with Gasteiger partial charge in [0.1, 0.15) is 11.3 Å². The summed E-state index contributed by atoms with van der Waals surface area (Å²) in [5.41, 5.74) is 0.668. The minimum Gasteiger partial charge on any atom is -0.478 e. The molecule has 29 heavy (non-hydrogen) atoms. The van der Waals surface area contributed by atoms with E-state index in [0.717, 1.165) is 0 Å². The maximum absolute atomic E-state index is 13.2. The summed E-state index contributed by atoms with van der Waals surface area (Å²) in [5, 5.41) is 9.81. The lowest BCUT2D eigenvalue weighted by atomic mass is 10.0. The van der Waals surface area contributed by atoms with Crippen molar-refractivity contribution in [2.75, 3.05) is 6.54 Å². The number of hydrogen-bond donors (Lipinski definition) is 1. The van der Waals surface area contributed by atoms with Crippen molar-refractivity contribution in [3.8, 4) is 0 Å². The van der Waals surface area contributed by atoms with Crippen molar-refractivity contribution in [3.05, 3.63) is 63.3 Å². The number of aromatic nitrogens is 2. The minimum absolute atomic E-state index is 0.213. The predicted molar refractivity (Wildman–Crippen MR) is 105 cm³/mol. The standard InChI is InChI=1S/C21H25N3O5/c1-13-22-16-12-23(20(28)29-21(2,3)4)11-10-15(16)18(25)24(13)17(19(26)27)14-8-6-5-7-9-14/h5-9,17H,10-12H2,1-4H3,(H,26,27)/p+1. The van der Waals surface area contributed by atoms with E-state index in [-0.39, 0.29) is 12.1 Å². The number of amides is 1. The number of benzene rings is 1. The fourth-order valence-corrected chi connectivity index (χ4v) is 3.52. The monoisotopic (exact) mass is 400 g/mol. The van der Waals surface area contributed by atoms with Crippen molar-refractivity contribution in [3.63, 3.8) is 0 Å².